The Bertz CT molecular complexity index is 501. The molecule has 1 saturated heterocycles. The van der Waals surface area contributed by atoms with Crippen LogP contribution in [0.2, 0.25) is 5.15 Å². The largest absolute Gasteiger partial charge is 0.341 e. The Morgan fingerprint density at radius 1 is 1.30 bits per heavy atom. The number of hydrogen-bond acceptors (Lipinski definition) is 3. The highest BCUT2D eigenvalue weighted by Gasteiger charge is 2.24. The molecule has 2 heterocycles. The maximum absolute atomic E-state index is 12.2. The quantitative estimate of drug-likeness (QED) is 0.866. The molecule has 0 spiro atoms. The molecule has 2 amide bonds. The van der Waals surface area contributed by atoms with Crippen molar-refractivity contribution >= 4 is 23.4 Å². The third-order valence-corrected chi connectivity index (χ3v) is 3.54. The minimum Gasteiger partial charge on any atom is -0.341 e. The van der Waals surface area contributed by atoms with E-state index in [0.29, 0.717) is 0 Å². The van der Waals surface area contributed by atoms with Crippen LogP contribution in [0.5, 0.6) is 0 Å². The first-order valence-electron chi connectivity index (χ1n) is 6.80. The number of piperidine rings is 1. The zero-order valence-electron chi connectivity index (χ0n) is 11.4. The Labute approximate surface area is 123 Å². The lowest BCUT2D eigenvalue weighted by Gasteiger charge is -2.29. The van der Waals surface area contributed by atoms with E-state index < -0.39 is 6.04 Å². The van der Waals surface area contributed by atoms with Gasteiger partial charge in [-0.3, -0.25) is 9.59 Å². The molecule has 0 radical (unpaired) electrons. The van der Waals surface area contributed by atoms with Gasteiger partial charge in [0, 0.05) is 13.1 Å². The van der Waals surface area contributed by atoms with E-state index in [-0.39, 0.29) is 22.7 Å². The molecule has 108 valence electrons. The van der Waals surface area contributed by atoms with Gasteiger partial charge in [-0.05, 0) is 38.3 Å². The van der Waals surface area contributed by atoms with Crippen LogP contribution in [0, 0.1) is 0 Å². The summed E-state index contributed by atoms with van der Waals surface area (Å²) in [5.41, 5.74) is 0.218. The van der Waals surface area contributed by atoms with Gasteiger partial charge in [0.2, 0.25) is 5.91 Å². The number of nitrogens with zero attached hydrogens (tertiary/aromatic N) is 2. The average Bonchev–Trinajstić information content (AvgIpc) is 2.47. The molecule has 0 saturated carbocycles. The number of hydrogen-bond donors (Lipinski definition) is 1. The second-order valence-corrected chi connectivity index (χ2v) is 5.31. The van der Waals surface area contributed by atoms with Gasteiger partial charge >= 0.3 is 0 Å². The third kappa shape index (κ3) is 3.70. The smallest absolute Gasteiger partial charge is 0.270 e. The van der Waals surface area contributed by atoms with E-state index in [9.17, 15) is 9.59 Å². The van der Waals surface area contributed by atoms with Gasteiger partial charge in [0.1, 0.15) is 16.9 Å². The lowest BCUT2D eigenvalue weighted by molar-refractivity contribution is -0.133. The monoisotopic (exact) mass is 295 g/mol. The minimum atomic E-state index is -0.554. The maximum atomic E-state index is 12.2. The van der Waals surface area contributed by atoms with Crippen molar-refractivity contribution in [2.24, 2.45) is 0 Å². The summed E-state index contributed by atoms with van der Waals surface area (Å²) < 4.78 is 0. The van der Waals surface area contributed by atoms with Crippen LogP contribution in [-0.4, -0.2) is 40.8 Å². The molecule has 0 bridgehead atoms. The van der Waals surface area contributed by atoms with E-state index in [1.165, 1.54) is 0 Å². The molecule has 5 nitrogen and oxygen atoms in total. The predicted octanol–water partition coefficient (Wildman–Crippen LogP) is 1.87. The van der Waals surface area contributed by atoms with Crippen LogP contribution in [0.4, 0.5) is 0 Å². The SMILES string of the molecule is CC(NC(=O)c1cccc(Cl)n1)C(=O)N1CCCCC1. The molecule has 2 rings (SSSR count). The lowest BCUT2D eigenvalue weighted by Crippen LogP contribution is -2.48. The first-order chi connectivity index (χ1) is 9.58. The number of carbonyl (C=O) groups excluding carboxylic acids is 2. The fraction of sp³-hybridized carbons (Fsp3) is 0.500. The summed E-state index contributed by atoms with van der Waals surface area (Å²) in [4.78, 5) is 29.9. The van der Waals surface area contributed by atoms with E-state index in [1.807, 2.05) is 0 Å². The molecule has 1 aliphatic heterocycles. The van der Waals surface area contributed by atoms with E-state index in [4.69, 9.17) is 11.6 Å². The van der Waals surface area contributed by atoms with Gasteiger partial charge in [-0.1, -0.05) is 17.7 Å². The number of nitrogens with one attached hydrogen (secondary N) is 1. The standard InChI is InChI=1S/C14H18ClN3O2/c1-10(14(20)18-8-3-2-4-9-18)16-13(19)11-6-5-7-12(15)17-11/h5-7,10H,2-4,8-9H2,1H3,(H,16,19). The molecule has 0 aromatic carbocycles. The molecule has 20 heavy (non-hydrogen) atoms. The van der Waals surface area contributed by atoms with Crippen molar-refractivity contribution in [2.45, 2.75) is 32.2 Å². The molecular weight excluding hydrogens is 278 g/mol. The molecule has 1 aromatic rings. The van der Waals surface area contributed by atoms with Crippen LogP contribution in [0.3, 0.4) is 0 Å². The first kappa shape index (κ1) is 14.8. The fourth-order valence-corrected chi connectivity index (χ4v) is 2.42. The summed E-state index contributed by atoms with van der Waals surface area (Å²) in [7, 11) is 0. The van der Waals surface area contributed by atoms with Crippen molar-refractivity contribution in [1.82, 2.24) is 15.2 Å². The van der Waals surface area contributed by atoms with Crippen molar-refractivity contribution in [3.63, 3.8) is 0 Å². The number of aromatic nitrogens is 1. The van der Waals surface area contributed by atoms with Crippen LogP contribution in [-0.2, 0) is 4.79 Å². The number of likely N-dealkylation sites (tertiary alicyclic amines) is 1. The minimum absolute atomic E-state index is 0.0416. The highest BCUT2D eigenvalue weighted by atomic mass is 35.5. The number of rotatable bonds is 3. The molecule has 6 heteroatoms. The third-order valence-electron chi connectivity index (χ3n) is 3.33. The highest BCUT2D eigenvalue weighted by molar-refractivity contribution is 6.29. The molecule has 1 N–H and O–H groups in total. The fourth-order valence-electron chi connectivity index (χ4n) is 2.26. The number of pyridine rings is 1. The zero-order chi connectivity index (χ0) is 14.5. The molecule has 1 aromatic heterocycles. The molecule has 1 unspecified atom stereocenters. The van der Waals surface area contributed by atoms with Crippen LogP contribution in [0.1, 0.15) is 36.7 Å². The van der Waals surface area contributed by atoms with Gasteiger partial charge in [-0.15, -0.1) is 0 Å². The van der Waals surface area contributed by atoms with Gasteiger partial charge in [-0.2, -0.15) is 0 Å². The van der Waals surface area contributed by atoms with Gasteiger partial charge in [0.15, 0.2) is 0 Å². The van der Waals surface area contributed by atoms with Crippen molar-refractivity contribution in [1.29, 1.82) is 0 Å². The van der Waals surface area contributed by atoms with E-state index in [2.05, 4.69) is 10.3 Å². The summed E-state index contributed by atoms with van der Waals surface area (Å²) >= 11 is 5.74. The van der Waals surface area contributed by atoms with Gasteiger partial charge in [0.25, 0.3) is 5.91 Å². The van der Waals surface area contributed by atoms with Crippen molar-refractivity contribution in [3.8, 4) is 0 Å². The molecule has 1 fully saturated rings. The summed E-state index contributed by atoms with van der Waals surface area (Å²) in [5, 5.41) is 2.93. The van der Waals surface area contributed by atoms with Crippen LogP contribution in [0.15, 0.2) is 18.2 Å². The van der Waals surface area contributed by atoms with Crippen LogP contribution >= 0.6 is 11.6 Å². The van der Waals surface area contributed by atoms with Crippen molar-refractivity contribution < 1.29 is 9.59 Å². The zero-order valence-corrected chi connectivity index (χ0v) is 12.2. The van der Waals surface area contributed by atoms with Gasteiger partial charge in [0.05, 0.1) is 0 Å². The van der Waals surface area contributed by atoms with Crippen LogP contribution in [0.25, 0.3) is 0 Å². The van der Waals surface area contributed by atoms with Crippen LogP contribution < -0.4 is 5.32 Å². The Morgan fingerprint density at radius 2 is 2.00 bits per heavy atom. The number of carbonyl (C=O) groups is 2. The molecule has 1 aliphatic rings. The lowest BCUT2D eigenvalue weighted by atomic mass is 10.1. The molecule has 1 atom stereocenters. The second kappa shape index (κ2) is 6.70. The topological polar surface area (TPSA) is 62.3 Å². The van der Waals surface area contributed by atoms with E-state index >= 15 is 0 Å². The summed E-state index contributed by atoms with van der Waals surface area (Å²) in [5.74, 6) is -0.426. The normalized spacial score (nSPS) is 16.6. The number of amides is 2. The highest BCUT2D eigenvalue weighted by Crippen LogP contribution is 2.10. The molecule has 0 aliphatic carbocycles. The molecular formula is C14H18ClN3O2. The Hall–Kier alpha value is -1.62. The first-order valence-corrected chi connectivity index (χ1v) is 7.18. The Morgan fingerprint density at radius 3 is 2.65 bits per heavy atom. The van der Waals surface area contributed by atoms with Crippen molar-refractivity contribution in [3.05, 3.63) is 29.0 Å². The van der Waals surface area contributed by atoms with E-state index in [0.717, 1.165) is 32.4 Å². The second-order valence-electron chi connectivity index (χ2n) is 4.93. The number of halogens is 1. The maximum Gasteiger partial charge on any atom is 0.270 e. The Balaban J connectivity index is 1.94. The van der Waals surface area contributed by atoms with E-state index in [1.54, 1.807) is 30.0 Å². The van der Waals surface area contributed by atoms with Gasteiger partial charge < -0.3 is 10.2 Å². The predicted molar refractivity (Wildman–Crippen MR) is 76.6 cm³/mol. The van der Waals surface area contributed by atoms with Gasteiger partial charge in [-0.25, -0.2) is 4.98 Å². The average molecular weight is 296 g/mol. The summed E-state index contributed by atoms with van der Waals surface area (Å²) in [6.45, 7) is 3.24. The summed E-state index contributed by atoms with van der Waals surface area (Å²) in [6.07, 6.45) is 3.22. The van der Waals surface area contributed by atoms with Crippen molar-refractivity contribution in [2.75, 3.05) is 13.1 Å². The Kier molecular flexibility index (Phi) is 4.95. The summed E-state index contributed by atoms with van der Waals surface area (Å²) in [6, 6.07) is 4.27.